The maximum atomic E-state index is 14.0. The summed E-state index contributed by atoms with van der Waals surface area (Å²) in [6.07, 6.45) is 3.27. The first-order chi connectivity index (χ1) is 17.2. The quantitative estimate of drug-likeness (QED) is 0.429. The van der Waals surface area contributed by atoms with E-state index >= 15 is 0 Å². The van der Waals surface area contributed by atoms with Crippen LogP contribution in [0.25, 0.3) is 5.57 Å². The first-order valence-electron chi connectivity index (χ1n) is 11.6. The molecule has 3 unspecified atom stereocenters. The van der Waals surface area contributed by atoms with Crippen molar-refractivity contribution in [2.75, 3.05) is 13.2 Å². The van der Waals surface area contributed by atoms with Crippen LogP contribution in [-0.4, -0.2) is 71.3 Å². The van der Waals surface area contributed by atoms with Gasteiger partial charge in [0.15, 0.2) is 0 Å². The fraction of sp³-hybridized carbons (Fsp3) is 0.172. The Balaban J connectivity index is 1.53. The number of rotatable bonds is 5. The third kappa shape index (κ3) is 3.87. The van der Waals surface area contributed by atoms with Crippen LogP contribution in [0.1, 0.15) is 5.56 Å². The standard InChI is InChI=1S/C29H23NO3Se2/c31-23-16-17-29-24(20-10-4-1-5-11-20)26(35-22-14-8-3-9-15-22)28(32)30(29)18-19-33-27(29)25(23)34-21-12-6-2-7-13-21/h1-17,25,27H,18-19H2. The zero-order valence-corrected chi connectivity index (χ0v) is 22.3. The van der Waals surface area contributed by atoms with E-state index in [-0.39, 0.29) is 46.4 Å². The van der Waals surface area contributed by atoms with Crippen molar-refractivity contribution in [3.63, 3.8) is 0 Å². The Bertz CT molecular complexity index is 1320. The topological polar surface area (TPSA) is 46.6 Å². The van der Waals surface area contributed by atoms with Crippen molar-refractivity contribution in [3.05, 3.63) is 113 Å². The molecular formula is C29H23NO3Se2. The van der Waals surface area contributed by atoms with Crippen molar-refractivity contribution in [3.8, 4) is 0 Å². The van der Waals surface area contributed by atoms with Gasteiger partial charge in [-0.15, -0.1) is 0 Å². The second-order valence-corrected chi connectivity index (χ2v) is 13.5. The first kappa shape index (κ1) is 22.7. The van der Waals surface area contributed by atoms with Crippen LogP contribution >= 0.6 is 0 Å². The molecule has 1 amide bonds. The second-order valence-electron chi connectivity index (χ2n) is 8.65. The summed E-state index contributed by atoms with van der Waals surface area (Å²) in [6, 6.07) is 30.6. The molecule has 6 rings (SSSR count). The van der Waals surface area contributed by atoms with E-state index in [4.69, 9.17) is 4.74 Å². The Kier molecular flexibility index (Phi) is 6.09. The van der Waals surface area contributed by atoms with Crippen LogP contribution in [0.3, 0.4) is 0 Å². The molecule has 1 spiro atoms. The van der Waals surface area contributed by atoms with Crippen molar-refractivity contribution in [1.29, 1.82) is 0 Å². The number of ketones is 1. The number of allylic oxidation sites excluding steroid dienone is 1. The molecule has 0 radical (unpaired) electrons. The molecule has 2 heterocycles. The summed E-state index contributed by atoms with van der Waals surface area (Å²) in [6.45, 7) is 0.956. The fourth-order valence-electron chi connectivity index (χ4n) is 5.17. The molecule has 1 fully saturated rings. The summed E-state index contributed by atoms with van der Waals surface area (Å²) in [4.78, 5) is 29.0. The van der Waals surface area contributed by atoms with Crippen LogP contribution in [-0.2, 0) is 14.3 Å². The molecule has 174 valence electrons. The molecule has 0 saturated carbocycles. The van der Waals surface area contributed by atoms with Gasteiger partial charge in [0, 0.05) is 0 Å². The van der Waals surface area contributed by atoms with E-state index in [0.29, 0.717) is 13.2 Å². The van der Waals surface area contributed by atoms with Gasteiger partial charge in [-0.05, 0) is 0 Å². The van der Waals surface area contributed by atoms with Crippen molar-refractivity contribution in [2.45, 2.75) is 16.5 Å². The zero-order chi connectivity index (χ0) is 23.8. The maximum absolute atomic E-state index is 14.0. The first-order valence-corrected chi connectivity index (χ1v) is 15.2. The molecular weight excluding hydrogens is 568 g/mol. The number of carbonyl (C=O) groups is 2. The molecule has 6 heteroatoms. The van der Waals surface area contributed by atoms with E-state index in [0.717, 1.165) is 24.5 Å². The van der Waals surface area contributed by atoms with Gasteiger partial charge < -0.3 is 0 Å². The van der Waals surface area contributed by atoms with E-state index in [1.165, 1.54) is 0 Å². The normalized spacial score (nSPS) is 25.5. The molecule has 0 N–H and O–H groups in total. The number of nitrogens with zero attached hydrogens (tertiary/aromatic N) is 1. The molecule has 1 aliphatic carbocycles. The molecule has 0 aromatic heterocycles. The van der Waals surface area contributed by atoms with Crippen LogP contribution in [0.15, 0.2) is 108 Å². The summed E-state index contributed by atoms with van der Waals surface area (Å²) in [7, 11) is 0. The Labute approximate surface area is 217 Å². The summed E-state index contributed by atoms with van der Waals surface area (Å²) in [5.41, 5.74) is 1.27. The number of morpholine rings is 1. The second kappa shape index (κ2) is 9.38. The molecule has 3 aromatic carbocycles. The molecule has 35 heavy (non-hydrogen) atoms. The van der Waals surface area contributed by atoms with E-state index < -0.39 is 11.6 Å². The van der Waals surface area contributed by atoms with Gasteiger partial charge in [-0.2, -0.15) is 0 Å². The van der Waals surface area contributed by atoms with Crippen LogP contribution < -0.4 is 8.92 Å². The van der Waals surface area contributed by atoms with Crippen LogP contribution in [0.4, 0.5) is 0 Å². The molecule has 3 aromatic rings. The fourth-order valence-corrected chi connectivity index (χ4v) is 10.0. The van der Waals surface area contributed by atoms with Crippen molar-refractivity contribution in [2.24, 2.45) is 0 Å². The van der Waals surface area contributed by atoms with Crippen LogP contribution in [0, 0.1) is 0 Å². The number of amides is 1. The van der Waals surface area contributed by atoms with E-state index in [1.807, 2.05) is 65.6 Å². The third-order valence-electron chi connectivity index (χ3n) is 6.65. The molecule has 3 aliphatic rings. The number of hydrogen-bond donors (Lipinski definition) is 0. The number of ether oxygens (including phenoxy) is 1. The zero-order valence-electron chi connectivity index (χ0n) is 18.9. The predicted molar refractivity (Wildman–Crippen MR) is 139 cm³/mol. The summed E-state index contributed by atoms with van der Waals surface area (Å²) < 4.78 is 9.64. The SMILES string of the molecule is O=C1C=CC23C(c4ccccc4)=C([Se]c4ccccc4)C(=O)N2CCOC3C1[Se]c1ccccc1. The van der Waals surface area contributed by atoms with Gasteiger partial charge in [-0.1, -0.05) is 0 Å². The van der Waals surface area contributed by atoms with Crippen molar-refractivity contribution in [1.82, 2.24) is 4.90 Å². The van der Waals surface area contributed by atoms with Gasteiger partial charge in [0.1, 0.15) is 0 Å². The van der Waals surface area contributed by atoms with Gasteiger partial charge in [0.2, 0.25) is 0 Å². The van der Waals surface area contributed by atoms with E-state index in [1.54, 1.807) is 6.08 Å². The van der Waals surface area contributed by atoms with Crippen molar-refractivity contribution >= 4 is 56.1 Å². The van der Waals surface area contributed by atoms with Gasteiger partial charge in [0.25, 0.3) is 0 Å². The summed E-state index contributed by atoms with van der Waals surface area (Å²) in [5, 5.41) is 0. The summed E-state index contributed by atoms with van der Waals surface area (Å²) >= 11 is -0.294. The van der Waals surface area contributed by atoms with Gasteiger partial charge >= 0.3 is 218 Å². The van der Waals surface area contributed by atoms with Gasteiger partial charge in [-0.25, -0.2) is 0 Å². The molecule has 1 saturated heterocycles. The van der Waals surface area contributed by atoms with Crippen LogP contribution in [0.2, 0.25) is 4.82 Å². The average molecular weight is 591 g/mol. The molecule has 0 bridgehead atoms. The molecule has 2 aliphatic heterocycles. The molecule has 3 atom stereocenters. The third-order valence-corrected chi connectivity index (χ3v) is 11.6. The monoisotopic (exact) mass is 593 g/mol. The van der Waals surface area contributed by atoms with Crippen molar-refractivity contribution < 1.29 is 14.3 Å². The van der Waals surface area contributed by atoms with Gasteiger partial charge in [0.05, 0.1) is 0 Å². The minimum atomic E-state index is -0.766. The molecule has 4 nitrogen and oxygen atoms in total. The Morgan fingerprint density at radius 1 is 0.829 bits per heavy atom. The predicted octanol–water partition coefficient (Wildman–Crippen LogP) is 2.36. The summed E-state index contributed by atoms with van der Waals surface area (Å²) in [5.74, 6) is 0.166. The number of hydrogen-bond acceptors (Lipinski definition) is 3. The Hall–Kier alpha value is -2.72. The average Bonchev–Trinajstić information content (AvgIpc) is 3.15. The Morgan fingerprint density at radius 3 is 2.14 bits per heavy atom. The minimum absolute atomic E-state index is 0.0750. The number of carbonyl (C=O) groups excluding carboxylic acids is 2. The van der Waals surface area contributed by atoms with Crippen LogP contribution in [0.5, 0.6) is 0 Å². The Morgan fingerprint density at radius 2 is 1.46 bits per heavy atom. The van der Waals surface area contributed by atoms with Gasteiger partial charge in [-0.3, -0.25) is 0 Å². The van der Waals surface area contributed by atoms with E-state index in [2.05, 4.69) is 36.4 Å². The number of benzene rings is 3. The van der Waals surface area contributed by atoms with E-state index in [9.17, 15) is 9.59 Å².